The Kier molecular flexibility index (Phi) is 2.69. The molecule has 3 heteroatoms. The van der Waals surface area contributed by atoms with Crippen molar-refractivity contribution in [1.82, 2.24) is 0 Å². The van der Waals surface area contributed by atoms with Gasteiger partial charge in [-0.1, -0.05) is 0 Å². The van der Waals surface area contributed by atoms with Gasteiger partial charge in [-0.2, -0.15) is 0 Å². The SMILES string of the molecule is CC1CCc2cc(N3CC4CCC(C3)O4)ccc2N1. The maximum atomic E-state index is 5.92. The van der Waals surface area contributed by atoms with Crippen LogP contribution >= 0.6 is 0 Å². The van der Waals surface area contributed by atoms with Crippen LogP contribution in [-0.4, -0.2) is 31.3 Å². The van der Waals surface area contributed by atoms with E-state index in [9.17, 15) is 0 Å². The summed E-state index contributed by atoms with van der Waals surface area (Å²) < 4.78 is 5.92. The van der Waals surface area contributed by atoms with E-state index in [1.165, 1.54) is 42.6 Å². The Hall–Kier alpha value is -1.22. The van der Waals surface area contributed by atoms with E-state index >= 15 is 0 Å². The van der Waals surface area contributed by atoms with Crippen LogP contribution < -0.4 is 10.2 Å². The molecule has 2 fully saturated rings. The lowest BCUT2D eigenvalue weighted by Gasteiger charge is -2.35. The van der Waals surface area contributed by atoms with Crippen molar-refractivity contribution in [3.05, 3.63) is 23.8 Å². The summed E-state index contributed by atoms with van der Waals surface area (Å²) in [4.78, 5) is 2.52. The minimum atomic E-state index is 0.466. The summed E-state index contributed by atoms with van der Waals surface area (Å²) in [5, 5.41) is 3.58. The summed E-state index contributed by atoms with van der Waals surface area (Å²) in [5.74, 6) is 0. The van der Waals surface area contributed by atoms with Crippen LogP contribution in [0.4, 0.5) is 11.4 Å². The Labute approximate surface area is 114 Å². The van der Waals surface area contributed by atoms with Crippen molar-refractivity contribution in [3.63, 3.8) is 0 Å². The van der Waals surface area contributed by atoms with E-state index < -0.39 is 0 Å². The van der Waals surface area contributed by atoms with Crippen molar-refractivity contribution in [3.8, 4) is 0 Å². The smallest absolute Gasteiger partial charge is 0.0755 e. The molecule has 3 heterocycles. The number of benzene rings is 1. The molecule has 3 atom stereocenters. The van der Waals surface area contributed by atoms with Crippen LogP contribution in [-0.2, 0) is 11.2 Å². The number of fused-ring (bicyclic) bond motifs is 3. The molecule has 1 N–H and O–H groups in total. The van der Waals surface area contributed by atoms with E-state index in [0.29, 0.717) is 18.2 Å². The van der Waals surface area contributed by atoms with Crippen LogP contribution in [0.25, 0.3) is 0 Å². The Balaban J connectivity index is 1.59. The number of aryl methyl sites for hydroxylation is 1. The minimum absolute atomic E-state index is 0.466. The number of nitrogens with one attached hydrogen (secondary N) is 1. The summed E-state index contributed by atoms with van der Waals surface area (Å²) in [6, 6.07) is 7.53. The number of hydrogen-bond acceptors (Lipinski definition) is 3. The number of hydrogen-bond donors (Lipinski definition) is 1. The largest absolute Gasteiger partial charge is 0.382 e. The molecule has 1 aromatic rings. The van der Waals surface area contributed by atoms with E-state index in [-0.39, 0.29) is 0 Å². The van der Waals surface area contributed by atoms with Crippen LogP contribution in [0.15, 0.2) is 18.2 Å². The highest BCUT2D eigenvalue weighted by atomic mass is 16.5. The fourth-order valence-corrected chi connectivity index (χ4v) is 3.66. The van der Waals surface area contributed by atoms with Crippen molar-refractivity contribution < 1.29 is 4.74 Å². The van der Waals surface area contributed by atoms with Crippen molar-refractivity contribution in [1.29, 1.82) is 0 Å². The Morgan fingerprint density at radius 2 is 1.95 bits per heavy atom. The predicted octanol–water partition coefficient (Wildman–Crippen LogP) is 2.80. The van der Waals surface area contributed by atoms with E-state index in [1.807, 2.05) is 0 Å². The van der Waals surface area contributed by atoms with Gasteiger partial charge in [0.05, 0.1) is 12.2 Å². The van der Waals surface area contributed by atoms with Gasteiger partial charge in [-0.05, 0) is 56.4 Å². The molecule has 0 amide bonds. The van der Waals surface area contributed by atoms with Crippen LogP contribution in [0, 0.1) is 0 Å². The van der Waals surface area contributed by atoms with E-state index in [0.717, 1.165) is 13.1 Å². The first kappa shape index (κ1) is 11.6. The number of nitrogens with zero attached hydrogens (tertiary/aromatic N) is 1. The van der Waals surface area contributed by atoms with Crippen LogP contribution in [0.2, 0.25) is 0 Å². The summed E-state index contributed by atoms with van der Waals surface area (Å²) in [5.41, 5.74) is 4.20. The average molecular weight is 258 g/mol. The molecular weight excluding hydrogens is 236 g/mol. The van der Waals surface area contributed by atoms with Gasteiger partial charge < -0.3 is 15.0 Å². The zero-order valence-corrected chi connectivity index (χ0v) is 11.6. The second kappa shape index (κ2) is 4.41. The summed E-state index contributed by atoms with van der Waals surface area (Å²) in [7, 11) is 0. The zero-order chi connectivity index (χ0) is 12.8. The van der Waals surface area contributed by atoms with Crippen LogP contribution in [0.3, 0.4) is 0 Å². The lowest BCUT2D eigenvalue weighted by Crippen LogP contribution is -2.42. The van der Waals surface area contributed by atoms with E-state index in [1.54, 1.807) is 0 Å². The third kappa shape index (κ3) is 2.10. The molecule has 0 saturated carbocycles. The van der Waals surface area contributed by atoms with Gasteiger partial charge in [0.2, 0.25) is 0 Å². The second-order valence-corrected chi connectivity index (χ2v) is 6.29. The molecule has 3 aliphatic heterocycles. The van der Waals surface area contributed by atoms with Gasteiger partial charge >= 0.3 is 0 Å². The van der Waals surface area contributed by atoms with Gasteiger partial charge in [-0.15, -0.1) is 0 Å². The lowest BCUT2D eigenvalue weighted by molar-refractivity contribution is 0.0305. The summed E-state index contributed by atoms with van der Waals surface area (Å²) >= 11 is 0. The van der Waals surface area contributed by atoms with Gasteiger partial charge in [0.25, 0.3) is 0 Å². The van der Waals surface area contributed by atoms with Gasteiger partial charge in [-0.25, -0.2) is 0 Å². The number of morpholine rings is 1. The van der Waals surface area contributed by atoms with Gasteiger partial charge in [0.1, 0.15) is 0 Å². The Morgan fingerprint density at radius 1 is 1.16 bits per heavy atom. The molecule has 19 heavy (non-hydrogen) atoms. The fourth-order valence-electron chi connectivity index (χ4n) is 3.66. The Bertz CT molecular complexity index is 476. The molecule has 0 radical (unpaired) electrons. The van der Waals surface area contributed by atoms with Gasteiger partial charge in [0.15, 0.2) is 0 Å². The summed E-state index contributed by atoms with van der Waals surface area (Å²) in [6.45, 7) is 4.40. The van der Waals surface area contributed by atoms with Crippen molar-refractivity contribution in [2.45, 2.75) is 50.9 Å². The monoisotopic (exact) mass is 258 g/mol. The maximum Gasteiger partial charge on any atom is 0.0755 e. The standard InChI is InChI=1S/C16H22N2O/c1-11-2-3-12-8-13(4-7-16(12)17-11)18-9-14-5-6-15(10-18)19-14/h4,7-8,11,14-15,17H,2-3,5-6,9-10H2,1H3. The molecule has 2 bridgehead atoms. The summed E-state index contributed by atoms with van der Waals surface area (Å²) in [6.07, 6.45) is 5.86. The average Bonchev–Trinajstić information content (AvgIpc) is 2.77. The molecule has 0 aliphatic carbocycles. The van der Waals surface area contributed by atoms with Crippen molar-refractivity contribution in [2.24, 2.45) is 0 Å². The zero-order valence-electron chi connectivity index (χ0n) is 11.6. The molecule has 3 nitrogen and oxygen atoms in total. The molecule has 1 aromatic carbocycles. The molecule has 3 aliphatic rings. The van der Waals surface area contributed by atoms with Crippen molar-refractivity contribution in [2.75, 3.05) is 23.3 Å². The number of anilines is 2. The Morgan fingerprint density at radius 3 is 2.74 bits per heavy atom. The first-order valence-corrected chi connectivity index (χ1v) is 7.58. The predicted molar refractivity (Wildman–Crippen MR) is 78.0 cm³/mol. The molecule has 4 rings (SSSR count). The molecule has 2 saturated heterocycles. The number of rotatable bonds is 1. The minimum Gasteiger partial charge on any atom is -0.382 e. The van der Waals surface area contributed by atoms with Gasteiger partial charge in [-0.3, -0.25) is 0 Å². The highest BCUT2D eigenvalue weighted by Crippen LogP contribution is 2.33. The van der Waals surface area contributed by atoms with Crippen LogP contribution in [0.1, 0.15) is 31.7 Å². The molecule has 0 aromatic heterocycles. The highest BCUT2D eigenvalue weighted by Gasteiger charge is 2.33. The van der Waals surface area contributed by atoms with Gasteiger partial charge in [0, 0.05) is 30.5 Å². The fraction of sp³-hybridized carbons (Fsp3) is 0.625. The van der Waals surface area contributed by atoms with E-state index in [4.69, 9.17) is 4.74 Å². The first-order valence-electron chi connectivity index (χ1n) is 7.58. The molecular formula is C16H22N2O. The highest BCUT2D eigenvalue weighted by molar-refractivity contribution is 5.62. The quantitative estimate of drug-likeness (QED) is 0.838. The first-order chi connectivity index (χ1) is 9.28. The number of ether oxygens (including phenoxy) is 1. The van der Waals surface area contributed by atoms with Crippen LogP contribution in [0.5, 0.6) is 0 Å². The molecule has 0 spiro atoms. The third-order valence-corrected chi connectivity index (χ3v) is 4.75. The van der Waals surface area contributed by atoms with Crippen molar-refractivity contribution >= 4 is 11.4 Å². The second-order valence-electron chi connectivity index (χ2n) is 6.29. The normalized spacial score (nSPS) is 32.9. The lowest BCUT2D eigenvalue weighted by atomic mass is 9.98. The topological polar surface area (TPSA) is 24.5 Å². The third-order valence-electron chi connectivity index (χ3n) is 4.75. The van der Waals surface area contributed by atoms with E-state index in [2.05, 4.69) is 35.3 Å². The molecule has 3 unspecified atom stereocenters. The maximum absolute atomic E-state index is 5.92. The molecule has 102 valence electrons.